The van der Waals surface area contributed by atoms with Crippen molar-refractivity contribution < 1.29 is 29.0 Å². The fourth-order valence-corrected chi connectivity index (χ4v) is 2.35. The van der Waals surface area contributed by atoms with Crippen LogP contribution in [0.5, 0.6) is 5.75 Å². The zero-order valence-electron chi connectivity index (χ0n) is 14.3. The van der Waals surface area contributed by atoms with E-state index in [2.05, 4.69) is 5.32 Å². The molecule has 0 spiro atoms. The Bertz CT molecular complexity index is 608. The van der Waals surface area contributed by atoms with E-state index in [0.29, 0.717) is 11.1 Å². The third-order valence-electron chi connectivity index (χ3n) is 3.42. The molecule has 0 atom stereocenters. The molecule has 7 nitrogen and oxygen atoms in total. The summed E-state index contributed by atoms with van der Waals surface area (Å²) in [6, 6.07) is 4.53. The predicted octanol–water partition coefficient (Wildman–Crippen LogP) is 1.24. The lowest BCUT2D eigenvalue weighted by atomic mass is 9.88. The maximum absolute atomic E-state index is 12.5. The second kappa shape index (κ2) is 8.33. The van der Waals surface area contributed by atoms with Crippen LogP contribution in [0.4, 0.5) is 0 Å². The maximum atomic E-state index is 12.5. The van der Waals surface area contributed by atoms with Gasteiger partial charge < -0.3 is 19.9 Å². The van der Waals surface area contributed by atoms with E-state index < -0.39 is 23.4 Å². The van der Waals surface area contributed by atoms with Gasteiger partial charge in [-0.25, -0.2) is 9.59 Å². The van der Waals surface area contributed by atoms with E-state index >= 15 is 0 Å². The first kappa shape index (κ1) is 19.5. The van der Waals surface area contributed by atoms with Gasteiger partial charge in [0.2, 0.25) is 11.4 Å². The van der Waals surface area contributed by atoms with E-state index in [-0.39, 0.29) is 25.4 Å². The van der Waals surface area contributed by atoms with E-state index in [1.807, 2.05) is 0 Å². The minimum absolute atomic E-state index is 0.0497. The summed E-state index contributed by atoms with van der Waals surface area (Å²) in [5.74, 6) is -2.27. The SMILES string of the molecule is CCOC(=O)C(Cc1ccc(O)cc1C)(NC(C)=O)C(=O)OCC. The van der Waals surface area contributed by atoms with Crippen LogP contribution in [-0.2, 0) is 30.3 Å². The molecule has 7 heteroatoms. The zero-order valence-corrected chi connectivity index (χ0v) is 14.3. The Balaban J connectivity index is 3.38. The standard InChI is InChI=1S/C17H23NO6/c1-5-23-15(21)17(18-12(4)19,16(22)24-6-2)10-13-7-8-14(20)9-11(13)3/h7-9,20H,5-6,10H2,1-4H3,(H,18,19). The number of carbonyl (C=O) groups excluding carboxylic acids is 3. The number of benzene rings is 1. The van der Waals surface area contributed by atoms with Gasteiger partial charge in [0, 0.05) is 13.3 Å². The van der Waals surface area contributed by atoms with Gasteiger partial charge in [-0.3, -0.25) is 4.79 Å². The summed E-state index contributed by atoms with van der Waals surface area (Å²) in [6.07, 6.45) is -0.143. The smallest absolute Gasteiger partial charge is 0.344 e. The summed E-state index contributed by atoms with van der Waals surface area (Å²) >= 11 is 0. The number of hydrogen-bond acceptors (Lipinski definition) is 6. The summed E-state index contributed by atoms with van der Waals surface area (Å²) in [5, 5.41) is 11.9. The topological polar surface area (TPSA) is 102 Å². The van der Waals surface area contributed by atoms with Crippen LogP contribution >= 0.6 is 0 Å². The molecule has 24 heavy (non-hydrogen) atoms. The summed E-state index contributed by atoms with van der Waals surface area (Å²) in [6.45, 7) is 6.24. The number of amides is 1. The van der Waals surface area contributed by atoms with E-state index in [9.17, 15) is 19.5 Å². The maximum Gasteiger partial charge on any atom is 0.344 e. The molecule has 1 aromatic carbocycles. The summed E-state index contributed by atoms with van der Waals surface area (Å²) in [5.41, 5.74) is -0.708. The molecular weight excluding hydrogens is 314 g/mol. The summed E-state index contributed by atoms with van der Waals surface area (Å²) in [4.78, 5) is 36.7. The van der Waals surface area contributed by atoms with Gasteiger partial charge in [0.25, 0.3) is 0 Å². The number of carbonyl (C=O) groups is 3. The monoisotopic (exact) mass is 337 g/mol. The van der Waals surface area contributed by atoms with Gasteiger partial charge >= 0.3 is 11.9 Å². The van der Waals surface area contributed by atoms with Gasteiger partial charge in [0.15, 0.2) is 0 Å². The van der Waals surface area contributed by atoms with Crippen molar-refractivity contribution in [2.45, 2.75) is 39.7 Å². The second-order valence-corrected chi connectivity index (χ2v) is 5.32. The number of esters is 2. The molecule has 0 saturated carbocycles. The lowest BCUT2D eigenvalue weighted by Crippen LogP contribution is -2.62. The van der Waals surface area contributed by atoms with Gasteiger partial charge in [0.05, 0.1) is 13.2 Å². The van der Waals surface area contributed by atoms with Gasteiger partial charge in [-0.2, -0.15) is 0 Å². The first-order valence-corrected chi connectivity index (χ1v) is 7.68. The number of aromatic hydroxyl groups is 1. The van der Waals surface area contributed by atoms with Crippen LogP contribution in [0.2, 0.25) is 0 Å². The van der Waals surface area contributed by atoms with Crippen molar-refractivity contribution in [3.8, 4) is 5.75 Å². The molecule has 1 amide bonds. The van der Waals surface area contributed by atoms with Crippen LogP contribution in [0.1, 0.15) is 31.9 Å². The molecule has 0 fully saturated rings. The van der Waals surface area contributed by atoms with Crippen LogP contribution in [0.25, 0.3) is 0 Å². The lowest BCUT2D eigenvalue weighted by molar-refractivity contribution is -0.168. The van der Waals surface area contributed by atoms with Crippen LogP contribution in [0, 0.1) is 6.92 Å². The van der Waals surface area contributed by atoms with Gasteiger partial charge in [-0.15, -0.1) is 0 Å². The zero-order chi connectivity index (χ0) is 18.3. The molecule has 0 radical (unpaired) electrons. The Kier molecular flexibility index (Phi) is 6.76. The Labute approximate surface area is 141 Å². The highest BCUT2D eigenvalue weighted by atomic mass is 16.6. The van der Waals surface area contributed by atoms with Crippen molar-refractivity contribution in [1.82, 2.24) is 5.32 Å². The molecule has 0 aliphatic rings. The van der Waals surface area contributed by atoms with Crippen molar-refractivity contribution in [3.63, 3.8) is 0 Å². The number of aryl methyl sites for hydroxylation is 1. The fourth-order valence-electron chi connectivity index (χ4n) is 2.35. The normalized spacial score (nSPS) is 10.8. The quantitative estimate of drug-likeness (QED) is 0.573. The van der Waals surface area contributed by atoms with Crippen LogP contribution < -0.4 is 5.32 Å². The molecule has 1 aromatic rings. The largest absolute Gasteiger partial charge is 0.508 e. The number of hydrogen-bond donors (Lipinski definition) is 2. The Morgan fingerprint density at radius 1 is 1.12 bits per heavy atom. The average Bonchev–Trinajstić information content (AvgIpc) is 2.49. The highest BCUT2D eigenvalue weighted by Gasteiger charge is 2.50. The molecule has 0 unspecified atom stereocenters. The second-order valence-electron chi connectivity index (χ2n) is 5.32. The van der Waals surface area contributed by atoms with Gasteiger partial charge in [0.1, 0.15) is 5.75 Å². The van der Waals surface area contributed by atoms with Gasteiger partial charge in [-0.1, -0.05) is 6.07 Å². The van der Waals surface area contributed by atoms with Gasteiger partial charge in [-0.05, 0) is 44.0 Å². The molecule has 0 aromatic heterocycles. The van der Waals surface area contributed by atoms with Crippen molar-refractivity contribution in [3.05, 3.63) is 29.3 Å². The van der Waals surface area contributed by atoms with Crippen molar-refractivity contribution >= 4 is 17.8 Å². The first-order valence-electron chi connectivity index (χ1n) is 7.68. The molecule has 0 aliphatic heterocycles. The van der Waals surface area contributed by atoms with E-state index in [1.165, 1.54) is 19.1 Å². The molecule has 0 aliphatic carbocycles. The fraction of sp³-hybridized carbons (Fsp3) is 0.471. The highest BCUT2D eigenvalue weighted by Crippen LogP contribution is 2.23. The van der Waals surface area contributed by atoms with Crippen molar-refractivity contribution in [1.29, 1.82) is 0 Å². The highest BCUT2D eigenvalue weighted by molar-refractivity contribution is 6.08. The first-order chi connectivity index (χ1) is 11.3. The Morgan fingerprint density at radius 3 is 2.08 bits per heavy atom. The molecule has 132 valence electrons. The summed E-state index contributed by atoms with van der Waals surface area (Å²) in [7, 11) is 0. The molecule has 0 heterocycles. The van der Waals surface area contributed by atoms with E-state index in [0.717, 1.165) is 0 Å². The van der Waals surface area contributed by atoms with Crippen molar-refractivity contribution in [2.24, 2.45) is 0 Å². The minimum Gasteiger partial charge on any atom is -0.508 e. The van der Waals surface area contributed by atoms with Crippen LogP contribution in [0.3, 0.4) is 0 Å². The number of rotatable bonds is 7. The molecule has 1 rings (SSSR count). The Morgan fingerprint density at radius 2 is 1.67 bits per heavy atom. The average molecular weight is 337 g/mol. The number of phenolic OH excluding ortho intramolecular Hbond substituents is 1. The minimum atomic E-state index is -1.97. The van der Waals surface area contributed by atoms with Crippen molar-refractivity contribution in [2.75, 3.05) is 13.2 Å². The third-order valence-corrected chi connectivity index (χ3v) is 3.42. The Hall–Kier alpha value is -2.57. The van der Waals surface area contributed by atoms with Crippen LogP contribution in [-0.4, -0.2) is 41.7 Å². The molecule has 0 saturated heterocycles. The molecule has 0 bridgehead atoms. The third kappa shape index (κ3) is 4.47. The number of ether oxygens (including phenoxy) is 2. The molecule has 2 N–H and O–H groups in total. The summed E-state index contributed by atoms with van der Waals surface area (Å²) < 4.78 is 10.0. The number of phenols is 1. The van der Waals surface area contributed by atoms with Crippen LogP contribution in [0.15, 0.2) is 18.2 Å². The molecular formula is C17H23NO6. The predicted molar refractivity (Wildman–Crippen MR) is 86.4 cm³/mol. The van der Waals surface area contributed by atoms with E-state index in [4.69, 9.17) is 9.47 Å². The van der Waals surface area contributed by atoms with E-state index in [1.54, 1.807) is 26.8 Å². The lowest BCUT2D eigenvalue weighted by Gasteiger charge is -2.30. The number of nitrogens with one attached hydrogen (secondary N) is 1.